The normalized spacial score (nSPS) is 49.4. The maximum Gasteiger partial charge on any atom is 0.224 e. The van der Waals surface area contributed by atoms with E-state index in [1.165, 1.54) is 7.11 Å². The molecule has 8 N–H and O–H groups in total. The zero-order chi connectivity index (χ0) is 23.9. The van der Waals surface area contributed by atoms with Gasteiger partial charge in [-0.3, -0.25) is 4.79 Å². The first-order chi connectivity index (χ1) is 15.8. The van der Waals surface area contributed by atoms with E-state index in [9.17, 15) is 30.3 Å². The fourth-order valence-electron chi connectivity index (χ4n) is 5.32. The van der Waals surface area contributed by atoms with E-state index in [-0.39, 0.29) is 17.7 Å². The predicted octanol–water partition coefficient (Wildman–Crippen LogP) is -3.44. The second-order valence-electron chi connectivity index (χ2n) is 9.26. The molecule has 2 aliphatic carbocycles. The number of hydrogen-bond donors (Lipinski definition) is 7. The Hall–Kier alpha value is -1.19. The molecule has 0 radical (unpaired) electrons. The van der Waals surface area contributed by atoms with Gasteiger partial charge in [-0.15, -0.1) is 0 Å². The minimum atomic E-state index is -1.46. The number of carbonyl (C=O) groups excluding carboxylic acids is 1. The number of hydrogen-bond acceptors (Lipinski definition) is 11. The van der Waals surface area contributed by atoms with Crippen molar-refractivity contribution in [3.05, 3.63) is 12.2 Å². The van der Waals surface area contributed by atoms with E-state index in [1.807, 2.05) is 6.08 Å². The first kappa shape index (κ1) is 24.9. The molecule has 3 fully saturated rings. The van der Waals surface area contributed by atoms with Crippen LogP contribution < -0.4 is 11.1 Å². The number of aliphatic hydroxyl groups excluding tert-OH is 5. The summed E-state index contributed by atoms with van der Waals surface area (Å²) in [7, 11) is 1.36. The van der Waals surface area contributed by atoms with Crippen molar-refractivity contribution in [2.75, 3.05) is 20.3 Å². The van der Waals surface area contributed by atoms with Crippen molar-refractivity contribution in [1.82, 2.24) is 5.32 Å². The molecule has 0 spiro atoms. The second-order valence-corrected chi connectivity index (χ2v) is 9.26. The smallest absolute Gasteiger partial charge is 0.224 e. The fourth-order valence-corrected chi connectivity index (χ4v) is 5.32. The van der Waals surface area contributed by atoms with Crippen LogP contribution in [0.3, 0.4) is 0 Å². The number of aliphatic hydroxyl groups is 5. The van der Waals surface area contributed by atoms with Crippen molar-refractivity contribution >= 4 is 5.91 Å². The van der Waals surface area contributed by atoms with Crippen molar-refractivity contribution in [2.24, 2.45) is 23.5 Å². The first-order valence-electron chi connectivity index (χ1n) is 11.3. The molecule has 2 aliphatic heterocycles. The van der Waals surface area contributed by atoms with Crippen molar-refractivity contribution in [3.63, 3.8) is 0 Å². The molecule has 2 saturated heterocycles. The molecule has 2 bridgehead atoms. The van der Waals surface area contributed by atoms with E-state index >= 15 is 0 Å². The van der Waals surface area contributed by atoms with Crippen LogP contribution >= 0.6 is 0 Å². The van der Waals surface area contributed by atoms with Gasteiger partial charge in [0, 0.05) is 13.0 Å². The van der Waals surface area contributed by atoms with Gasteiger partial charge in [0.2, 0.25) is 5.91 Å². The number of ether oxygens (including phenoxy) is 4. The molecule has 2 heterocycles. The van der Waals surface area contributed by atoms with Crippen LogP contribution in [-0.4, -0.2) is 113 Å². The molecule has 13 unspecified atom stereocenters. The second kappa shape index (κ2) is 10.2. The minimum absolute atomic E-state index is 0.159. The zero-order valence-electron chi connectivity index (χ0n) is 18.3. The molecule has 13 atom stereocenters. The quantitative estimate of drug-likeness (QED) is 0.182. The Labute approximate surface area is 191 Å². The van der Waals surface area contributed by atoms with Gasteiger partial charge in [0.1, 0.15) is 42.7 Å². The van der Waals surface area contributed by atoms with Crippen LogP contribution in [0.25, 0.3) is 0 Å². The van der Waals surface area contributed by atoms with Crippen molar-refractivity contribution in [1.29, 1.82) is 0 Å². The molecule has 4 rings (SSSR count). The Morgan fingerprint density at radius 2 is 1.73 bits per heavy atom. The van der Waals surface area contributed by atoms with Crippen molar-refractivity contribution in [3.8, 4) is 0 Å². The van der Waals surface area contributed by atoms with Crippen LogP contribution in [0.5, 0.6) is 0 Å². The van der Waals surface area contributed by atoms with Crippen LogP contribution in [0.2, 0.25) is 0 Å². The lowest BCUT2D eigenvalue weighted by atomic mass is 9.91. The molecule has 0 aromatic heterocycles. The van der Waals surface area contributed by atoms with Crippen molar-refractivity contribution in [2.45, 2.75) is 74.1 Å². The van der Waals surface area contributed by atoms with Crippen molar-refractivity contribution < 1.29 is 49.3 Å². The molecule has 33 heavy (non-hydrogen) atoms. The lowest BCUT2D eigenvalue weighted by Gasteiger charge is -2.47. The van der Waals surface area contributed by atoms with Gasteiger partial charge in [-0.05, 0) is 24.7 Å². The van der Waals surface area contributed by atoms with Crippen LogP contribution in [0.15, 0.2) is 12.2 Å². The van der Waals surface area contributed by atoms with Gasteiger partial charge in [0.05, 0.1) is 19.3 Å². The summed E-state index contributed by atoms with van der Waals surface area (Å²) >= 11 is 0. The highest BCUT2D eigenvalue weighted by Gasteiger charge is 2.51. The largest absolute Gasteiger partial charge is 0.394 e. The number of carbonyl (C=O) groups is 1. The number of fused-ring (bicyclic) bond motifs is 2. The van der Waals surface area contributed by atoms with E-state index in [0.717, 1.165) is 12.8 Å². The SMILES string of the molecule is COC1OC(CO)C(OC2OC(CO)C(O)C(O)C2N)C(O)C1NC(=O)C1CC2C=CC1C2. The highest BCUT2D eigenvalue weighted by atomic mass is 16.7. The van der Waals surface area contributed by atoms with E-state index < -0.39 is 74.5 Å². The Kier molecular flexibility index (Phi) is 7.70. The zero-order valence-corrected chi connectivity index (χ0v) is 18.3. The molecule has 188 valence electrons. The lowest BCUT2D eigenvalue weighted by Crippen LogP contribution is -2.68. The summed E-state index contributed by atoms with van der Waals surface area (Å²) in [5, 5.41) is 53.4. The maximum atomic E-state index is 13.0. The summed E-state index contributed by atoms with van der Waals surface area (Å²) in [5.41, 5.74) is 5.94. The average Bonchev–Trinajstić information content (AvgIpc) is 3.45. The van der Waals surface area contributed by atoms with Gasteiger partial charge >= 0.3 is 0 Å². The summed E-state index contributed by atoms with van der Waals surface area (Å²) in [6, 6.07) is -2.22. The van der Waals surface area contributed by atoms with Gasteiger partial charge in [-0.2, -0.15) is 0 Å². The van der Waals surface area contributed by atoms with E-state index in [2.05, 4.69) is 11.4 Å². The molecule has 12 nitrogen and oxygen atoms in total. The van der Waals surface area contributed by atoms with E-state index in [0.29, 0.717) is 5.92 Å². The first-order valence-corrected chi connectivity index (χ1v) is 11.3. The maximum absolute atomic E-state index is 13.0. The van der Waals surface area contributed by atoms with Crippen LogP contribution in [0, 0.1) is 17.8 Å². The Balaban J connectivity index is 1.48. The third kappa shape index (κ3) is 4.69. The minimum Gasteiger partial charge on any atom is -0.394 e. The Bertz CT molecular complexity index is 723. The number of nitrogens with one attached hydrogen (secondary N) is 1. The standard InChI is InChI=1S/C21H34N2O10/c1-30-21-14(23-19(29)10-5-8-2-3-9(10)4-8)17(28)18(12(7-25)32-21)33-20-13(22)16(27)15(26)11(6-24)31-20/h2-3,8-18,20-21,24-28H,4-7,22H2,1H3,(H,23,29). The highest BCUT2D eigenvalue weighted by molar-refractivity contribution is 5.80. The number of methoxy groups -OCH3 is 1. The number of nitrogens with two attached hydrogens (primary N) is 1. The number of amides is 1. The van der Waals surface area contributed by atoms with Crippen LogP contribution in [-0.2, 0) is 23.7 Å². The molecule has 1 amide bonds. The predicted molar refractivity (Wildman–Crippen MR) is 110 cm³/mol. The van der Waals surface area contributed by atoms with Crippen LogP contribution in [0.4, 0.5) is 0 Å². The summed E-state index contributed by atoms with van der Waals surface area (Å²) in [6.07, 6.45) is -4.23. The number of rotatable bonds is 7. The van der Waals surface area contributed by atoms with E-state index in [1.54, 1.807) is 0 Å². The molecule has 0 aromatic carbocycles. The van der Waals surface area contributed by atoms with Gasteiger partial charge in [-0.1, -0.05) is 12.2 Å². The summed E-state index contributed by atoms with van der Waals surface area (Å²) in [6.45, 7) is -1.14. The Morgan fingerprint density at radius 1 is 1.03 bits per heavy atom. The summed E-state index contributed by atoms with van der Waals surface area (Å²) in [5.74, 6) is 0.105. The average molecular weight is 475 g/mol. The fraction of sp³-hybridized carbons (Fsp3) is 0.857. The molecule has 1 saturated carbocycles. The molecule has 12 heteroatoms. The van der Waals surface area contributed by atoms with Gasteiger partial charge in [0.25, 0.3) is 0 Å². The third-order valence-corrected chi connectivity index (χ3v) is 7.23. The van der Waals surface area contributed by atoms with Gasteiger partial charge in [0.15, 0.2) is 12.6 Å². The lowest BCUT2D eigenvalue weighted by molar-refractivity contribution is -0.328. The summed E-state index contributed by atoms with van der Waals surface area (Å²) in [4.78, 5) is 13.0. The monoisotopic (exact) mass is 474 g/mol. The molecular weight excluding hydrogens is 440 g/mol. The van der Waals surface area contributed by atoms with E-state index in [4.69, 9.17) is 24.7 Å². The third-order valence-electron chi connectivity index (χ3n) is 7.23. The molecule has 4 aliphatic rings. The number of allylic oxidation sites excluding steroid dienone is 2. The van der Waals surface area contributed by atoms with Crippen LogP contribution in [0.1, 0.15) is 12.8 Å². The van der Waals surface area contributed by atoms with Gasteiger partial charge < -0.3 is 55.5 Å². The molecule has 0 aromatic rings. The molecular formula is C21H34N2O10. The topological polar surface area (TPSA) is 193 Å². The van der Waals surface area contributed by atoms with Gasteiger partial charge in [-0.25, -0.2) is 0 Å². The highest BCUT2D eigenvalue weighted by Crippen LogP contribution is 2.43. The Morgan fingerprint density at radius 3 is 2.30 bits per heavy atom. The summed E-state index contributed by atoms with van der Waals surface area (Å²) < 4.78 is 22.3.